The van der Waals surface area contributed by atoms with Crippen molar-refractivity contribution >= 4 is 32.4 Å². The minimum absolute atomic E-state index is 0.0498. The van der Waals surface area contributed by atoms with E-state index < -0.39 is 15.4 Å². The molecule has 31 heavy (non-hydrogen) atoms. The van der Waals surface area contributed by atoms with Gasteiger partial charge in [-0.25, -0.2) is 12.4 Å². The van der Waals surface area contributed by atoms with Crippen molar-refractivity contribution in [2.24, 2.45) is 11.3 Å². The highest BCUT2D eigenvalue weighted by atomic mass is 32.2. The topological polar surface area (TPSA) is 68.2 Å². The van der Waals surface area contributed by atoms with Gasteiger partial charge in [0.15, 0.2) is 0 Å². The molecule has 6 heteroatoms. The molecule has 0 bridgehead atoms. The smallest absolute Gasteiger partial charge is 0.239 e. The van der Waals surface area contributed by atoms with Gasteiger partial charge in [-0.05, 0) is 36.5 Å². The van der Waals surface area contributed by atoms with Gasteiger partial charge in [0.2, 0.25) is 10.0 Å². The first kappa shape index (κ1) is 19.1. The molecule has 3 aromatic rings. The lowest BCUT2D eigenvalue weighted by molar-refractivity contribution is -0.156. The second-order valence-electron chi connectivity index (χ2n) is 10.0. The number of benzene rings is 2. The number of nitrogens with one attached hydrogen (secondary N) is 1. The van der Waals surface area contributed by atoms with Gasteiger partial charge >= 0.3 is 0 Å². The Morgan fingerprint density at radius 1 is 1.10 bits per heavy atom. The number of rotatable bonds is 4. The van der Waals surface area contributed by atoms with Crippen LogP contribution >= 0.6 is 0 Å². The molecule has 6 rings (SSSR count). The summed E-state index contributed by atoms with van der Waals surface area (Å²) >= 11 is 0. The summed E-state index contributed by atoms with van der Waals surface area (Å²) in [5.41, 5.74) is 3.15. The average Bonchev–Trinajstić information content (AvgIpc) is 3.25. The lowest BCUT2D eigenvalue weighted by atomic mass is 9.48. The number of hydrogen-bond donors (Lipinski definition) is 1. The first-order valence-corrected chi connectivity index (χ1v) is 12.6. The van der Waals surface area contributed by atoms with Gasteiger partial charge < -0.3 is 5.32 Å². The number of carbonyl (C=O) groups excluding carboxylic acids is 1. The third-order valence-electron chi connectivity index (χ3n) is 8.11. The molecule has 0 amide bonds. The Morgan fingerprint density at radius 3 is 2.52 bits per heavy atom. The van der Waals surface area contributed by atoms with E-state index in [9.17, 15) is 13.2 Å². The Labute approximate surface area is 182 Å². The van der Waals surface area contributed by atoms with Crippen molar-refractivity contribution in [2.75, 3.05) is 11.1 Å². The summed E-state index contributed by atoms with van der Waals surface area (Å²) in [7, 11) is -3.67. The molecule has 0 saturated heterocycles. The van der Waals surface area contributed by atoms with Crippen molar-refractivity contribution in [1.29, 1.82) is 0 Å². The quantitative estimate of drug-likeness (QED) is 0.650. The van der Waals surface area contributed by atoms with Crippen molar-refractivity contribution < 1.29 is 13.2 Å². The number of carbonyl (C=O) groups is 1. The molecule has 1 aliphatic heterocycles. The molecular weight excluding hydrogens is 408 g/mol. The van der Waals surface area contributed by atoms with Gasteiger partial charge in [0.25, 0.3) is 0 Å². The van der Waals surface area contributed by atoms with Crippen LogP contribution in [0.2, 0.25) is 0 Å². The van der Waals surface area contributed by atoms with Gasteiger partial charge in [-0.3, -0.25) is 4.79 Å². The van der Waals surface area contributed by atoms with E-state index in [0.717, 1.165) is 23.1 Å². The summed E-state index contributed by atoms with van der Waals surface area (Å²) in [5.74, 6) is 0.294. The fourth-order valence-electron chi connectivity index (χ4n) is 6.09. The van der Waals surface area contributed by atoms with Crippen molar-refractivity contribution in [3.63, 3.8) is 0 Å². The van der Waals surface area contributed by atoms with Crippen LogP contribution in [0.4, 0.5) is 5.69 Å². The summed E-state index contributed by atoms with van der Waals surface area (Å²) in [6, 6.07) is 15.9. The summed E-state index contributed by atoms with van der Waals surface area (Å²) in [6.45, 7) is 4.39. The van der Waals surface area contributed by atoms with Crippen LogP contribution in [0, 0.1) is 11.3 Å². The van der Waals surface area contributed by atoms with Crippen LogP contribution in [0.3, 0.4) is 0 Å². The van der Waals surface area contributed by atoms with Crippen LogP contribution in [-0.4, -0.2) is 23.9 Å². The second-order valence-corrected chi connectivity index (χ2v) is 11.9. The number of Topliss-reactive ketones (excluding diaryl/α,β-unsaturated/α-hetero) is 1. The van der Waals surface area contributed by atoms with Crippen LogP contribution in [-0.2, 0) is 20.2 Å². The van der Waals surface area contributed by atoms with Gasteiger partial charge in [0.05, 0.1) is 17.3 Å². The predicted molar refractivity (Wildman–Crippen MR) is 122 cm³/mol. The zero-order valence-electron chi connectivity index (χ0n) is 17.8. The van der Waals surface area contributed by atoms with Crippen LogP contribution in [0.5, 0.6) is 0 Å². The van der Waals surface area contributed by atoms with Crippen molar-refractivity contribution in [2.45, 2.75) is 44.6 Å². The molecule has 2 heterocycles. The SMILES string of the molecule is CC1(C)c2ccccc2NC1c1cn(S(=O)(=O)C[C@]23CCC2CC3=O)c2ccccc12. The standard InChI is InChI=1S/C25H26N2O3S/c1-24(2)19-8-4-5-9-20(19)26-23(24)18-14-27(21-10-6-3-7-17(18)21)31(29,30)15-25-12-11-16(25)13-22(25)28/h3-10,14,16,23,26H,11-13,15H2,1-2H3/t16?,23?,25-/m1/s1. The zero-order chi connectivity index (χ0) is 21.6. The lowest BCUT2D eigenvalue weighted by Gasteiger charge is -2.56. The number of ketones is 1. The fourth-order valence-corrected chi connectivity index (χ4v) is 8.15. The first-order valence-electron chi connectivity index (χ1n) is 11.0. The molecule has 3 aliphatic rings. The van der Waals surface area contributed by atoms with Gasteiger partial charge in [-0.15, -0.1) is 0 Å². The highest BCUT2D eigenvalue weighted by Gasteiger charge is 2.62. The van der Waals surface area contributed by atoms with E-state index in [1.54, 1.807) is 6.20 Å². The van der Waals surface area contributed by atoms with E-state index in [1.807, 2.05) is 36.4 Å². The van der Waals surface area contributed by atoms with Crippen LogP contribution in [0.15, 0.2) is 54.7 Å². The molecule has 5 nitrogen and oxygen atoms in total. The number of hydrogen-bond acceptors (Lipinski definition) is 4. The fraction of sp³-hybridized carbons (Fsp3) is 0.400. The normalized spacial score (nSPS) is 28.4. The lowest BCUT2D eigenvalue weighted by Crippen LogP contribution is -2.60. The summed E-state index contributed by atoms with van der Waals surface area (Å²) in [4.78, 5) is 12.3. The van der Waals surface area contributed by atoms with Crippen molar-refractivity contribution in [1.82, 2.24) is 3.97 Å². The summed E-state index contributed by atoms with van der Waals surface area (Å²) in [5, 5.41) is 4.57. The molecule has 2 saturated carbocycles. The molecule has 160 valence electrons. The maximum atomic E-state index is 13.6. The number of aromatic nitrogens is 1. The third-order valence-corrected chi connectivity index (χ3v) is 9.89. The van der Waals surface area contributed by atoms with E-state index in [1.165, 1.54) is 9.54 Å². The van der Waals surface area contributed by atoms with E-state index in [2.05, 4.69) is 31.3 Å². The number of anilines is 1. The van der Waals surface area contributed by atoms with Crippen LogP contribution in [0.25, 0.3) is 10.9 Å². The molecule has 0 spiro atoms. The van der Waals surface area contributed by atoms with Gasteiger partial charge in [-0.2, -0.15) is 0 Å². The molecule has 2 aromatic carbocycles. The molecule has 2 unspecified atom stereocenters. The molecule has 1 aromatic heterocycles. The Hall–Kier alpha value is -2.60. The monoisotopic (exact) mass is 434 g/mol. The van der Waals surface area contributed by atoms with E-state index >= 15 is 0 Å². The Kier molecular flexibility index (Phi) is 3.70. The predicted octanol–water partition coefficient (Wildman–Crippen LogP) is 4.63. The maximum Gasteiger partial charge on any atom is 0.239 e. The third kappa shape index (κ3) is 2.42. The van der Waals surface area contributed by atoms with Gasteiger partial charge in [0, 0.05) is 40.1 Å². The van der Waals surface area contributed by atoms with Gasteiger partial charge in [-0.1, -0.05) is 50.2 Å². The Morgan fingerprint density at radius 2 is 1.84 bits per heavy atom. The molecule has 2 fully saturated rings. The average molecular weight is 435 g/mol. The minimum Gasteiger partial charge on any atom is -0.377 e. The van der Waals surface area contributed by atoms with Gasteiger partial charge in [0.1, 0.15) is 5.78 Å². The summed E-state index contributed by atoms with van der Waals surface area (Å²) in [6.07, 6.45) is 4.01. The molecular formula is C25H26N2O3S. The van der Waals surface area contributed by atoms with Crippen LogP contribution < -0.4 is 5.32 Å². The Balaban J connectivity index is 1.47. The highest BCUT2D eigenvalue weighted by Crippen LogP contribution is 2.59. The number of fused-ring (bicyclic) bond motifs is 3. The zero-order valence-corrected chi connectivity index (χ0v) is 18.6. The van der Waals surface area contributed by atoms with Crippen molar-refractivity contribution in [3.05, 3.63) is 65.9 Å². The van der Waals surface area contributed by atoms with E-state index in [4.69, 9.17) is 0 Å². The molecule has 3 atom stereocenters. The van der Waals surface area contributed by atoms with Crippen LogP contribution in [0.1, 0.15) is 50.3 Å². The molecule has 1 N–H and O–H groups in total. The van der Waals surface area contributed by atoms with E-state index in [-0.39, 0.29) is 28.9 Å². The maximum absolute atomic E-state index is 13.6. The first-order chi connectivity index (χ1) is 14.7. The second kappa shape index (κ2) is 6.00. The van der Waals surface area contributed by atoms with Crippen molar-refractivity contribution in [3.8, 4) is 0 Å². The number of nitrogens with zero attached hydrogens (tertiary/aromatic N) is 1. The highest BCUT2D eigenvalue weighted by molar-refractivity contribution is 7.90. The number of para-hydroxylation sites is 2. The van der Waals surface area contributed by atoms with E-state index in [0.29, 0.717) is 18.4 Å². The molecule has 0 radical (unpaired) electrons. The largest absolute Gasteiger partial charge is 0.377 e. The minimum atomic E-state index is -3.67. The summed E-state index contributed by atoms with van der Waals surface area (Å²) < 4.78 is 28.6. The Bertz CT molecular complexity index is 1350. The molecule has 2 aliphatic carbocycles.